The molecular weight excluding hydrogens is 338 g/mol. The number of Topliss-reactive ketones (excluding diaryl/α,β-unsaturated/α-hetero) is 1. The van der Waals surface area contributed by atoms with Crippen molar-refractivity contribution in [1.29, 1.82) is 0 Å². The SMILES string of the molecule is Cc1ccc(C(=O)CN2C(=O)NC3(CCC(C)CC3)C2=O)cc1[N+](=O)[O-]. The van der Waals surface area contributed by atoms with Crippen LogP contribution in [0.4, 0.5) is 10.5 Å². The Morgan fingerprint density at radius 3 is 2.62 bits per heavy atom. The van der Waals surface area contributed by atoms with E-state index in [0.717, 1.165) is 17.7 Å². The number of nitro groups is 1. The molecule has 1 saturated heterocycles. The van der Waals surface area contributed by atoms with Crippen molar-refractivity contribution < 1.29 is 19.3 Å². The summed E-state index contributed by atoms with van der Waals surface area (Å²) in [5.74, 6) is -0.365. The van der Waals surface area contributed by atoms with Gasteiger partial charge in [0.2, 0.25) is 0 Å². The number of rotatable bonds is 4. The standard InChI is InChI=1S/C18H21N3O5/c1-11-5-7-18(8-6-11)16(23)20(17(24)19-18)10-15(22)13-4-3-12(2)14(9-13)21(25)26/h3-4,9,11H,5-8,10H2,1-2H3,(H,19,24). The third-order valence-corrected chi connectivity index (χ3v) is 5.40. The number of benzene rings is 1. The fourth-order valence-corrected chi connectivity index (χ4v) is 3.63. The predicted molar refractivity (Wildman–Crippen MR) is 92.8 cm³/mol. The molecule has 1 N–H and O–H groups in total. The highest BCUT2D eigenvalue weighted by atomic mass is 16.6. The molecule has 8 nitrogen and oxygen atoms in total. The number of hydrogen-bond acceptors (Lipinski definition) is 5. The van der Waals surface area contributed by atoms with Crippen LogP contribution in [0.3, 0.4) is 0 Å². The average Bonchev–Trinajstić information content (AvgIpc) is 2.82. The van der Waals surface area contributed by atoms with Crippen LogP contribution in [0.5, 0.6) is 0 Å². The fourth-order valence-electron chi connectivity index (χ4n) is 3.63. The molecule has 0 aromatic heterocycles. The quantitative estimate of drug-likeness (QED) is 0.384. The van der Waals surface area contributed by atoms with E-state index in [9.17, 15) is 24.5 Å². The average molecular weight is 359 g/mol. The minimum atomic E-state index is -0.900. The zero-order chi connectivity index (χ0) is 19.1. The predicted octanol–water partition coefficient (Wildman–Crippen LogP) is 2.59. The second-order valence-electron chi connectivity index (χ2n) is 7.27. The largest absolute Gasteiger partial charge is 0.325 e. The van der Waals surface area contributed by atoms with Crippen molar-refractivity contribution in [1.82, 2.24) is 10.2 Å². The van der Waals surface area contributed by atoms with Crippen molar-refractivity contribution in [2.75, 3.05) is 6.54 Å². The summed E-state index contributed by atoms with van der Waals surface area (Å²) in [5, 5.41) is 13.8. The van der Waals surface area contributed by atoms with Crippen LogP contribution in [0, 0.1) is 23.0 Å². The summed E-state index contributed by atoms with van der Waals surface area (Å²) in [6.07, 6.45) is 2.83. The maximum atomic E-state index is 12.8. The molecule has 1 aromatic rings. The Morgan fingerprint density at radius 2 is 2.00 bits per heavy atom. The van der Waals surface area contributed by atoms with Gasteiger partial charge in [-0.25, -0.2) is 4.79 Å². The Labute approximate surface area is 150 Å². The summed E-state index contributed by atoms with van der Waals surface area (Å²) in [6, 6.07) is 3.58. The fraction of sp³-hybridized carbons (Fsp3) is 0.500. The summed E-state index contributed by atoms with van der Waals surface area (Å²) in [4.78, 5) is 49.0. The summed E-state index contributed by atoms with van der Waals surface area (Å²) in [6.45, 7) is 3.28. The zero-order valence-electron chi connectivity index (χ0n) is 14.8. The molecule has 1 aromatic carbocycles. The molecule has 0 unspecified atom stereocenters. The molecule has 8 heteroatoms. The number of nitrogens with one attached hydrogen (secondary N) is 1. The monoisotopic (exact) mass is 359 g/mol. The number of nitrogens with zero attached hydrogens (tertiary/aromatic N) is 2. The number of urea groups is 1. The number of aryl methyl sites for hydroxylation is 1. The Bertz CT molecular complexity index is 796. The maximum Gasteiger partial charge on any atom is 0.325 e. The number of amides is 3. The van der Waals surface area contributed by atoms with Gasteiger partial charge in [-0.1, -0.05) is 19.1 Å². The van der Waals surface area contributed by atoms with Gasteiger partial charge in [0, 0.05) is 17.2 Å². The first kappa shape index (κ1) is 18.0. The normalized spacial score (nSPS) is 25.5. The van der Waals surface area contributed by atoms with Crippen LogP contribution in [0.25, 0.3) is 0 Å². The third-order valence-electron chi connectivity index (χ3n) is 5.40. The van der Waals surface area contributed by atoms with Gasteiger partial charge in [0.25, 0.3) is 11.6 Å². The lowest BCUT2D eigenvalue weighted by Gasteiger charge is -2.33. The second kappa shape index (κ2) is 6.51. The van der Waals surface area contributed by atoms with E-state index in [1.165, 1.54) is 18.2 Å². The van der Waals surface area contributed by atoms with Gasteiger partial charge in [-0.05, 0) is 38.5 Å². The van der Waals surface area contributed by atoms with Crippen molar-refractivity contribution >= 4 is 23.4 Å². The van der Waals surface area contributed by atoms with Gasteiger partial charge in [0.15, 0.2) is 5.78 Å². The molecule has 1 saturated carbocycles. The molecule has 0 atom stereocenters. The molecule has 26 heavy (non-hydrogen) atoms. The molecule has 0 radical (unpaired) electrons. The molecule has 3 amide bonds. The van der Waals surface area contributed by atoms with E-state index < -0.39 is 28.8 Å². The van der Waals surface area contributed by atoms with Crippen molar-refractivity contribution in [3.63, 3.8) is 0 Å². The Balaban J connectivity index is 1.77. The van der Waals surface area contributed by atoms with Crippen LogP contribution >= 0.6 is 0 Å². The smallest absolute Gasteiger partial charge is 0.323 e. The van der Waals surface area contributed by atoms with Gasteiger partial charge in [-0.15, -0.1) is 0 Å². The molecular formula is C18H21N3O5. The van der Waals surface area contributed by atoms with Crippen LogP contribution in [0.2, 0.25) is 0 Å². The number of imide groups is 1. The van der Waals surface area contributed by atoms with Gasteiger partial charge in [-0.3, -0.25) is 24.6 Å². The molecule has 138 valence electrons. The van der Waals surface area contributed by atoms with E-state index in [4.69, 9.17) is 0 Å². The first-order valence-electron chi connectivity index (χ1n) is 8.66. The van der Waals surface area contributed by atoms with Crippen LogP contribution in [0.1, 0.15) is 48.5 Å². The lowest BCUT2D eigenvalue weighted by Crippen LogP contribution is -2.49. The summed E-state index contributed by atoms with van der Waals surface area (Å²) in [5.41, 5.74) is -0.507. The Hall–Kier alpha value is -2.77. The number of nitro benzene ring substituents is 1. The highest BCUT2D eigenvalue weighted by Crippen LogP contribution is 2.36. The summed E-state index contributed by atoms with van der Waals surface area (Å²) >= 11 is 0. The molecule has 1 aliphatic heterocycles. The van der Waals surface area contributed by atoms with Gasteiger partial charge in [-0.2, -0.15) is 0 Å². The highest BCUT2D eigenvalue weighted by Gasteiger charge is 2.52. The number of hydrogen-bond donors (Lipinski definition) is 1. The van der Waals surface area contributed by atoms with Crippen LogP contribution in [-0.4, -0.2) is 39.6 Å². The summed E-state index contributed by atoms with van der Waals surface area (Å²) in [7, 11) is 0. The van der Waals surface area contributed by atoms with E-state index in [-0.39, 0.29) is 17.2 Å². The van der Waals surface area contributed by atoms with Crippen molar-refractivity contribution in [2.45, 2.75) is 45.1 Å². The molecule has 1 heterocycles. The molecule has 3 rings (SSSR count). The van der Waals surface area contributed by atoms with Crippen LogP contribution < -0.4 is 5.32 Å². The van der Waals surface area contributed by atoms with Crippen molar-refractivity contribution in [3.8, 4) is 0 Å². The zero-order valence-corrected chi connectivity index (χ0v) is 14.8. The second-order valence-corrected chi connectivity index (χ2v) is 7.27. The molecule has 1 spiro atoms. The lowest BCUT2D eigenvalue weighted by molar-refractivity contribution is -0.385. The highest BCUT2D eigenvalue weighted by molar-refractivity contribution is 6.11. The van der Waals surface area contributed by atoms with E-state index in [0.29, 0.717) is 24.3 Å². The number of carbonyl (C=O) groups is 3. The van der Waals surface area contributed by atoms with Gasteiger partial charge >= 0.3 is 6.03 Å². The minimum absolute atomic E-state index is 0.112. The molecule has 2 fully saturated rings. The van der Waals surface area contributed by atoms with Gasteiger partial charge in [0.05, 0.1) is 11.5 Å². The molecule has 0 bridgehead atoms. The molecule has 1 aliphatic carbocycles. The minimum Gasteiger partial charge on any atom is -0.323 e. The van der Waals surface area contributed by atoms with E-state index in [1.807, 2.05) is 0 Å². The third kappa shape index (κ3) is 3.07. The Kier molecular flexibility index (Phi) is 4.52. The van der Waals surface area contributed by atoms with E-state index in [1.54, 1.807) is 6.92 Å². The van der Waals surface area contributed by atoms with Crippen molar-refractivity contribution in [3.05, 3.63) is 39.4 Å². The first-order valence-corrected chi connectivity index (χ1v) is 8.66. The maximum absolute atomic E-state index is 12.8. The number of carbonyl (C=O) groups excluding carboxylic acids is 3. The van der Waals surface area contributed by atoms with Crippen LogP contribution in [-0.2, 0) is 4.79 Å². The topological polar surface area (TPSA) is 110 Å². The Morgan fingerprint density at radius 1 is 1.35 bits per heavy atom. The van der Waals surface area contributed by atoms with E-state index in [2.05, 4.69) is 12.2 Å². The van der Waals surface area contributed by atoms with Crippen molar-refractivity contribution in [2.24, 2.45) is 5.92 Å². The molecule has 2 aliphatic rings. The van der Waals surface area contributed by atoms with Gasteiger partial charge in [0.1, 0.15) is 5.54 Å². The van der Waals surface area contributed by atoms with E-state index >= 15 is 0 Å². The summed E-state index contributed by atoms with van der Waals surface area (Å²) < 4.78 is 0. The van der Waals surface area contributed by atoms with Crippen LogP contribution in [0.15, 0.2) is 18.2 Å². The lowest BCUT2D eigenvalue weighted by atomic mass is 9.77. The first-order chi connectivity index (χ1) is 12.2. The van der Waals surface area contributed by atoms with Gasteiger partial charge < -0.3 is 5.32 Å². The number of ketones is 1.